The molecule has 1 unspecified atom stereocenters. The van der Waals surface area contributed by atoms with Crippen molar-refractivity contribution in [3.8, 4) is 11.8 Å². The number of amides is 1. The molecule has 1 radical (unpaired) electrons. The molecule has 3 aromatic rings. The number of carbonyl (C=O) groups is 1. The topological polar surface area (TPSA) is 92.9 Å². The molecule has 2 N–H and O–H groups in total. The molecule has 4 rings (SSSR count). The highest BCUT2D eigenvalue weighted by atomic mass is 16.3. The summed E-state index contributed by atoms with van der Waals surface area (Å²) in [5.41, 5.74) is 1.10. The average Bonchev–Trinajstić information content (AvgIpc) is 3.28. The molecule has 2 heterocycles. The normalized spacial score (nSPS) is 15.9. The molecule has 0 spiro atoms. The monoisotopic (exact) mass is 376 g/mol. The largest absolute Gasteiger partial charge is 0.493 e. The van der Waals surface area contributed by atoms with Crippen LogP contribution in [0.1, 0.15) is 54.1 Å². The highest BCUT2D eigenvalue weighted by Gasteiger charge is 2.28. The average molecular weight is 376 g/mol. The van der Waals surface area contributed by atoms with Crippen molar-refractivity contribution in [3.05, 3.63) is 66.1 Å². The summed E-state index contributed by atoms with van der Waals surface area (Å²) in [6.07, 6.45) is 10.3. The SMILES string of the molecule is O=C(NC(c1cc[c]cc1)C1CCCCC1)c1cnc(-n2cccn2)nc1O. The van der Waals surface area contributed by atoms with E-state index in [0.29, 0.717) is 5.92 Å². The third kappa shape index (κ3) is 3.88. The number of nitrogens with one attached hydrogen (secondary N) is 1. The van der Waals surface area contributed by atoms with Gasteiger partial charge in [-0.05, 0) is 36.5 Å². The van der Waals surface area contributed by atoms with Crippen molar-refractivity contribution in [2.24, 2.45) is 5.92 Å². The van der Waals surface area contributed by atoms with Crippen LogP contribution in [0, 0.1) is 12.0 Å². The Balaban J connectivity index is 1.57. The molecule has 1 aliphatic rings. The quantitative estimate of drug-likeness (QED) is 0.713. The Morgan fingerprint density at radius 3 is 2.71 bits per heavy atom. The number of hydrogen-bond acceptors (Lipinski definition) is 5. The number of benzene rings is 1. The van der Waals surface area contributed by atoms with Crippen molar-refractivity contribution in [3.63, 3.8) is 0 Å². The predicted molar refractivity (Wildman–Crippen MR) is 103 cm³/mol. The Bertz CT molecular complexity index is 921. The smallest absolute Gasteiger partial charge is 0.258 e. The number of hydrogen-bond donors (Lipinski definition) is 2. The van der Waals surface area contributed by atoms with Crippen molar-refractivity contribution >= 4 is 5.91 Å². The van der Waals surface area contributed by atoms with Gasteiger partial charge in [0.05, 0.1) is 6.04 Å². The summed E-state index contributed by atoms with van der Waals surface area (Å²) >= 11 is 0. The third-order valence-corrected chi connectivity index (χ3v) is 5.22. The molecule has 2 aromatic heterocycles. The zero-order valence-corrected chi connectivity index (χ0v) is 15.5. The van der Waals surface area contributed by atoms with E-state index in [1.807, 2.05) is 24.3 Å². The Hall–Kier alpha value is -3.22. The van der Waals surface area contributed by atoms with Gasteiger partial charge in [-0.15, -0.1) is 0 Å². The van der Waals surface area contributed by atoms with Crippen molar-refractivity contribution in [1.29, 1.82) is 0 Å². The fraction of sp³-hybridized carbons (Fsp3) is 0.333. The van der Waals surface area contributed by atoms with Gasteiger partial charge in [-0.2, -0.15) is 10.1 Å². The molecule has 1 aliphatic carbocycles. The Morgan fingerprint density at radius 1 is 1.25 bits per heavy atom. The lowest BCUT2D eigenvalue weighted by molar-refractivity contribution is 0.0908. The number of aromatic nitrogens is 4. The van der Waals surface area contributed by atoms with E-state index >= 15 is 0 Å². The first kappa shape index (κ1) is 18.2. The van der Waals surface area contributed by atoms with E-state index in [-0.39, 0.29) is 29.3 Å². The first-order valence-electron chi connectivity index (χ1n) is 9.55. The third-order valence-electron chi connectivity index (χ3n) is 5.22. The fourth-order valence-corrected chi connectivity index (χ4v) is 3.79. The van der Waals surface area contributed by atoms with Crippen LogP contribution < -0.4 is 5.32 Å². The second kappa shape index (κ2) is 8.21. The van der Waals surface area contributed by atoms with Gasteiger partial charge in [-0.25, -0.2) is 9.67 Å². The molecule has 1 fully saturated rings. The number of nitrogens with zero attached hydrogens (tertiary/aromatic N) is 4. The van der Waals surface area contributed by atoms with E-state index < -0.39 is 0 Å². The summed E-state index contributed by atoms with van der Waals surface area (Å²) in [5.74, 6) is -0.164. The minimum absolute atomic E-state index is 0.0548. The predicted octanol–water partition coefficient (Wildman–Crippen LogP) is 3.22. The van der Waals surface area contributed by atoms with Gasteiger partial charge in [0.15, 0.2) is 0 Å². The zero-order chi connectivity index (χ0) is 19.3. The lowest BCUT2D eigenvalue weighted by Crippen LogP contribution is -2.34. The van der Waals surface area contributed by atoms with Crippen LogP contribution in [0.3, 0.4) is 0 Å². The van der Waals surface area contributed by atoms with Gasteiger partial charge >= 0.3 is 0 Å². The maximum atomic E-state index is 12.9. The van der Waals surface area contributed by atoms with E-state index in [9.17, 15) is 9.90 Å². The lowest BCUT2D eigenvalue weighted by atomic mass is 9.81. The van der Waals surface area contributed by atoms with Crippen LogP contribution in [0.15, 0.2) is 48.9 Å². The molecule has 0 bridgehead atoms. The van der Waals surface area contributed by atoms with Crippen LogP contribution in [0.5, 0.6) is 5.88 Å². The minimum atomic E-state index is -0.382. The molecule has 1 saturated carbocycles. The second-order valence-electron chi connectivity index (χ2n) is 7.04. The van der Waals surface area contributed by atoms with Crippen LogP contribution in [0.4, 0.5) is 0 Å². The van der Waals surface area contributed by atoms with Gasteiger partial charge < -0.3 is 10.4 Å². The fourth-order valence-electron chi connectivity index (χ4n) is 3.79. The van der Waals surface area contributed by atoms with Crippen LogP contribution in [-0.2, 0) is 0 Å². The maximum absolute atomic E-state index is 12.9. The van der Waals surface area contributed by atoms with E-state index in [2.05, 4.69) is 26.4 Å². The molecular formula is C21H22N5O2. The van der Waals surface area contributed by atoms with Gasteiger partial charge in [0, 0.05) is 18.6 Å². The van der Waals surface area contributed by atoms with E-state index in [4.69, 9.17) is 0 Å². The first-order chi connectivity index (χ1) is 13.7. The maximum Gasteiger partial charge on any atom is 0.258 e. The summed E-state index contributed by atoms with van der Waals surface area (Å²) < 4.78 is 1.42. The zero-order valence-electron chi connectivity index (χ0n) is 15.5. The molecule has 7 nitrogen and oxygen atoms in total. The summed E-state index contributed by atoms with van der Waals surface area (Å²) in [6.45, 7) is 0. The molecule has 0 saturated heterocycles. The lowest BCUT2D eigenvalue weighted by Gasteiger charge is -2.31. The highest BCUT2D eigenvalue weighted by molar-refractivity contribution is 5.96. The van der Waals surface area contributed by atoms with Gasteiger partial charge in [0.1, 0.15) is 5.56 Å². The van der Waals surface area contributed by atoms with Crippen molar-refractivity contribution in [2.45, 2.75) is 38.1 Å². The standard InChI is InChI=1S/C21H22N5O2/c27-19(17-14-22-21(25-20(17)28)26-13-7-12-23-26)24-18(15-8-3-1-4-9-15)16-10-5-2-6-11-16/h5-7,10-15,18H,1,3-4,8-9H2,(H,24,27)(H,22,25,28). The second-order valence-corrected chi connectivity index (χ2v) is 7.04. The van der Waals surface area contributed by atoms with Crippen molar-refractivity contribution < 1.29 is 9.90 Å². The van der Waals surface area contributed by atoms with Gasteiger partial charge in [0.25, 0.3) is 11.9 Å². The van der Waals surface area contributed by atoms with Gasteiger partial charge in [0.2, 0.25) is 5.88 Å². The summed E-state index contributed by atoms with van der Waals surface area (Å²) in [4.78, 5) is 21.1. The Morgan fingerprint density at radius 2 is 2.04 bits per heavy atom. The number of carbonyl (C=O) groups excluding carboxylic acids is 1. The summed E-state index contributed by atoms with van der Waals surface area (Å²) in [7, 11) is 0. The van der Waals surface area contributed by atoms with Crippen LogP contribution in [0.25, 0.3) is 5.95 Å². The molecular weight excluding hydrogens is 354 g/mol. The molecule has 1 amide bonds. The van der Waals surface area contributed by atoms with Gasteiger partial charge in [-0.3, -0.25) is 4.79 Å². The van der Waals surface area contributed by atoms with Crippen LogP contribution in [-0.4, -0.2) is 30.8 Å². The minimum Gasteiger partial charge on any atom is -0.493 e. The number of aromatic hydroxyl groups is 1. The number of rotatable bonds is 5. The first-order valence-corrected chi connectivity index (χ1v) is 9.55. The molecule has 7 heteroatoms. The molecule has 1 aromatic carbocycles. The molecule has 0 aliphatic heterocycles. The van der Waals surface area contributed by atoms with Crippen LogP contribution >= 0.6 is 0 Å². The Kier molecular flexibility index (Phi) is 5.32. The van der Waals surface area contributed by atoms with E-state index in [1.165, 1.54) is 30.1 Å². The van der Waals surface area contributed by atoms with E-state index in [1.54, 1.807) is 18.5 Å². The highest BCUT2D eigenvalue weighted by Crippen LogP contribution is 2.34. The van der Waals surface area contributed by atoms with Crippen LogP contribution in [0.2, 0.25) is 0 Å². The summed E-state index contributed by atoms with van der Waals surface area (Å²) in [6, 6.07) is 12.3. The van der Waals surface area contributed by atoms with Gasteiger partial charge in [-0.1, -0.05) is 43.5 Å². The van der Waals surface area contributed by atoms with Crippen molar-refractivity contribution in [2.75, 3.05) is 0 Å². The van der Waals surface area contributed by atoms with Crippen molar-refractivity contribution in [1.82, 2.24) is 25.1 Å². The summed E-state index contributed by atoms with van der Waals surface area (Å²) in [5, 5.41) is 17.4. The van der Waals surface area contributed by atoms with E-state index in [0.717, 1.165) is 18.4 Å². The Labute approximate surface area is 163 Å². The molecule has 1 atom stereocenters. The molecule has 143 valence electrons. The molecule has 28 heavy (non-hydrogen) atoms.